The van der Waals surface area contributed by atoms with Crippen LogP contribution < -0.4 is 5.73 Å². The molecule has 120 valence electrons. The van der Waals surface area contributed by atoms with Gasteiger partial charge in [-0.05, 0) is 40.1 Å². The minimum Gasteiger partial charge on any atom is -0.465 e. The standard InChI is InChI=1S/C19H16N2O3/c1-24-19(23)15-7-5-12-9-14(6-4-13(12)10-15)17(18(20)22)16-3-2-8-21-11-16/h2-11,17H,1H3,(H2,20,22). The quantitative estimate of drug-likeness (QED) is 0.749. The fourth-order valence-electron chi connectivity index (χ4n) is 2.76. The molecule has 3 rings (SSSR count). The van der Waals surface area contributed by atoms with Gasteiger partial charge in [0.2, 0.25) is 5.91 Å². The van der Waals surface area contributed by atoms with Gasteiger partial charge in [-0.2, -0.15) is 0 Å². The minimum absolute atomic E-state index is 0.383. The number of aromatic nitrogens is 1. The zero-order chi connectivity index (χ0) is 17.1. The first-order valence-electron chi connectivity index (χ1n) is 7.41. The molecule has 5 heteroatoms. The van der Waals surface area contributed by atoms with Crippen LogP contribution in [0.15, 0.2) is 60.9 Å². The van der Waals surface area contributed by atoms with Crippen molar-refractivity contribution in [2.24, 2.45) is 5.73 Å². The fraction of sp³-hybridized carbons (Fsp3) is 0.105. The highest BCUT2D eigenvalue weighted by atomic mass is 16.5. The number of nitrogens with two attached hydrogens (primary N) is 1. The third kappa shape index (κ3) is 2.96. The van der Waals surface area contributed by atoms with Crippen molar-refractivity contribution < 1.29 is 14.3 Å². The molecule has 0 aliphatic heterocycles. The van der Waals surface area contributed by atoms with Crippen LogP contribution in [0.4, 0.5) is 0 Å². The normalized spacial score (nSPS) is 11.9. The highest BCUT2D eigenvalue weighted by Crippen LogP contribution is 2.27. The molecule has 0 fully saturated rings. The average Bonchev–Trinajstić information content (AvgIpc) is 2.61. The molecule has 0 radical (unpaired) electrons. The lowest BCUT2D eigenvalue weighted by Gasteiger charge is -2.15. The lowest BCUT2D eigenvalue weighted by molar-refractivity contribution is -0.118. The number of amides is 1. The molecule has 1 unspecified atom stereocenters. The highest BCUT2D eigenvalue weighted by Gasteiger charge is 2.20. The molecular weight excluding hydrogens is 304 g/mol. The molecule has 0 aliphatic rings. The van der Waals surface area contributed by atoms with E-state index in [0.717, 1.165) is 21.9 Å². The lowest BCUT2D eigenvalue weighted by Crippen LogP contribution is -2.22. The second-order valence-electron chi connectivity index (χ2n) is 5.43. The Hall–Kier alpha value is -3.21. The molecular formula is C19H16N2O3. The number of fused-ring (bicyclic) bond motifs is 1. The van der Waals surface area contributed by atoms with Gasteiger partial charge in [0.05, 0.1) is 18.6 Å². The Balaban J connectivity index is 2.06. The van der Waals surface area contributed by atoms with Crippen molar-refractivity contribution in [1.82, 2.24) is 4.98 Å². The van der Waals surface area contributed by atoms with Crippen LogP contribution in [0.5, 0.6) is 0 Å². The van der Waals surface area contributed by atoms with Crippen LogP contribution in [0.2, 0.25) is 0 Å². The van der Waals surface area contributed by atoms with Gasteiger partial charge in [-0.1, -0.05) is 30.3 Å². The summed E-state index contributed by atoms with van der Waals surface area (Å²) in [5.74, 6) is -1.39. The van der Waals surface area contributed by atoms with Crippen LogP contribution in [0.3, 0.4) is 0 Å². The molecule has 0 saturated carbocycles. The molecule has 0 bridgehead atoms. The third-order valence-corrected chi connectivity index (χ3v) is 3.92. The maximum Gasteiger partial charge on any atom is 0.337 e. The van der Waals surface area contributed by atoms with Crippen molar-refractivity contribution in [2.45, 2.75) is 5.92 Å². The van der Waals surface area contributed by atoms with E-state index in [-0.39, 0.29) is 5.97 Å². The molecule has 24 heavy (non-hydrogen) atoms. The van der Waals surface area contributed by atoms with E-state index in [1.807, 2.05) is 30.3 Å². The Bertz CT molecular complexity index is 907. The van der Waals surface area contributed by atoms with Crippen LogP contribution in [0, 0.1) is 0 Å². The Labute approximate surface area is 139 Å². The number of carbonyl (C=O) groups excluding carboxylic acids is 2. The number of pyridine rings is 1. The summed E-state index contributed by atoms with van der Waals surface area (Å²) in [5.41, 5.74) is 7.61. The number of ether oxygens (including phenoxy) is 1. The number of nitrogens with zero attached hydrogens (tertiary/aromatic N) is 1. The summed E-state index contributed by atoms with van der Waals surface area (Å²) in [6.07, 6.45) is 3.29. The van der Waals surface area contributed by atoms with Gasteiger partial charge in [0, 0.05) is 12.4 Å². The molecule has 5 nitrogen and oxygen atoms in total. The molecule has 2 aromatic carbocycles. The number of rotatable bonds is 4. The first kappa shape index (κ1) is 15.7. The molecule has 1 aromatic heterocycles. The Kier molecular flexibility index (Phi) is 4.24. The van der Waals surface area contributed by atoms with Crippen molar-refractivity contribution in [3.63, 3.8) is 0 Å². The summed E-state index contributed by atoms with van der Waals surface area (Å²) in [5, 5.41) is 1.80. The fourth-order valence-corrected chi connectivity index (χ4v) is 2.76. The van der Waals surface area contributed by atoms with Crippen molar-refractivity contribution in [3.05, 3.63) is 77.6 Å². The summed E-state index contributed by atoms with van der Waals surface area (Å²) in [7, 11) is 1.35. The Morgan fingerprint density at radius 2 is 1.79 bits per heavy atom. The SMILES string of the molecule is COC(=O)c1ccc2cc(C(C(N)=O)c3cccnc3)ccc2c1. The van der Waals surface area contributed by atoms with Gasteiger partial charge in [0.15, 0.2) is 0 Å². The zero-order valence-electron chi connectivity index (χ0n) is 13.1. The van der Waals surface area contributed by atoms with Gasteiger partial charge in [0.1, 0.15) is 0 Å². The lowest BCUT2D eigenvalue weighted by atomic mass is 9.90. The summed E-state index contributed by atoms with van der Waals surface area (Å²) >= 11 is 0. The van der Waals surface area contributed by atoms with Crippen molar-refractivity contribution in [1.29, 1.82) is 0 Å². The van der Waals surface area contributed by atoms with E-state index in [1.54, 1.807) is 30.6 Å². The molecule has 3 aromatic rings. The molecule has 2 N–H and O–H groups in total. The van der Waals surface area contributed by atoms with E-state index < -0.39 is 11.8 Å². The first-order chi connectivity index (χ1) is 11.6. The van der Waals surface area contributed by atoms with E-state index in [2.05, 4.69) is 4.98 Å². The van der Waals surface area contributed by atoms with Crippen molar-refractivity contribution in [3.8, 4) is 0 Å². The van der Waals surface area contributed by atoms with Gasteiger partial charge < -0.3 is 10.5 Å². The largest absolute Gasteiger partial charge is 0.465 e. The van der Waals surface area contributed by atoms with Crippen LogP contribution in [0.1, 0.15) is 27.4 Å². The maximum absolute atomic E-state index is 12.0. The molecule has 0 spiro atoms. The maximum atomic E-state index is 12.0. The second kappa shape index (κ2) is 6.50. The first-order valence-corrected chi connectivity index (χ1v) is 7.41. The van der Waals surface area contributed by atoms with Gasteiger partial charge in [-0.25, -0.2) is 4.79 Å². The van der Waals surface area contributed by atoms with Gasteiger partial charge >= 0.3 is 5.97 Å². The molecule has 1 amide bonds. The third-order valence-electron chi connectivity index (χ3n) is 3.92. The predicted octanol–water partition coefficient (Wildman–Crippen LogP) is 2.64. The number of methoxy groups -OCH3 is 1. The summed E-state index contributed by atoms with van der Waals surface area (Å²) < 4.78 is 4.73. The molecule has 1 atom stereocenters. The van der Waals surface area contributed by atoms with Crippen LogP contribution in [0.25, 0.3) is 10.8 Å². The van der Waals surface area contributed by atoms with Gasteiger partial charge in [0.25, 0.3) is 0 Å². The van der Waals surface area contributed by atoms with E-state index in [1.165, 1.54) is 7.11 Å². The molecule has 0 saturated heterocycles. The number of benzene rings is 2. The number of hydrogen-bond donors (Lipinski definition) is 1. The number of esters is 1. The van der Waals surface area contributed by atoms with Crippen LogP contribution in [-0.4, -0.2) is 24.0 Å². The van der Waals surface area contributed by atoms with E-state index in [4.69, 9.17) is 10.5 Å². The van der Waals surface area contributed by atoms with E-state index in [0.29, 0.717) is 5.56 Å². The Morgan fingerprint density at radius 3 is 2.46 bits per heavy atom. The number of primary amides is 1. The summed E-state index contributed by atoms with van der Waals surface area (Å²) in [4.78, 5) is 27.6. The van der Waals surface area contributed by atoms with Crippen molar-refractivity contribution >= 4 is 22.6 Å². The second-order valence-corrected chi connectivity index (χ2v) is 5.43. The summed E-state index contributed by atoms with van der Waals surface area (Å²) in [6, 6.07) is 14.5. The van der Waals surface area contributed by atoms with E-state index in [9.17, 15) is 9.59 Å². The highest BCUT2D eigenvalue weighted by molar-refractivity contribution is 5.96. The van der Waals surface area contributed by atoms with Gasteiger partial charge in [-0.3, -0.25) is 9.78 Å². The van der Waals surface area contributed by atoms with Crippen LogP contribution >= 0.6 is 0 Å². The van der Waals surface area contributed by atoms with Gasteiger partial charge in [-0.15, -0.1) is 0 Å². The summed E-state index contributed by atoms with van der Waals surface area (Å²) in [6.45, 7) is 0. The minimum atomic E-state index is -0.566. The van der Waals surface area contributed by atoms with E-state index >= 15 is 0 Å². The van der Waals surface area contributed by atoms with Crippen LogP contribution in [-0.2, 0) is 9.53 Å². The number of hydrogen-bond acceptors (Lipinski definition) is 4. The topological polar surface area (TPSA) is 82.3 Å². The van der Waals surface area contributed by atoms with Crippen molar-refractivity contribution in [2.75, 3.05) is 7.11 Å². The smallest absolute Gasteiger partial charge is 0.337 e. The zero-order valence-corrected chi connectivity index (χ0v) is 13.1. The average molecular weight is 320 g/mol. The molecule has 1 heterocycles. The molecule has 0 aliphatic carbocycles. The Morgan fingerprint density at radius 1 is 1.04 bits per heavy atom. The number of carbonyl (C=O) groups is 2. The monoisotopic (exact) mass is 320 g/mol. The predicted molar refractivity (Wildman–Crippen MR) is 90.6 cm³/mol.